The van der Waals surface area contributed by atoms with Crippen LogP contribution in [0.4, 0.5) is 4.79 Å². The van der Waals surface area contributed by atoms with Crippen molar-refractivity contribution >= 4 is 6.03 Å². The Morgan fingerprint density at radius 2 is 2.27 bits per heavy atom. The number of hydrogen-bond acceptors (Lipinski definition) is 2. The van der Waals surface area contributed by atoms with Crippen molar-refractivity contribution in [1.29, 1.82) is 0 Å². The fourth-order valence-electron chi connectivity index (χ4n) is 2.46. The molecule has 0 aromatic rings. The molecule has 4 heteroatoms. The molecular weight excluding hydrogens is 190 g/mol. The zero-order chi connectivity index (χ0) is 10.8. The van der Waals surface area contributed by atoms with Crippen molar-refractivity contribution < 1.29 is 4.79 Å². The Morgan fingerprint density at radius 3 is 3.00 bits per heavy atom. The van der Waals surface area contributed by atoms with Gasteiger partial charge in [-0.05, 0) is 12.3 Å². The van der Waals surface area contributed by atoms with Gasteiger partial charge in [-0.25, -0.2) is 4.79 Å². The predicted molar refractivity (Wildman–Crippen MR) is 59.8 cm³/mol. The summed E-state index contributed by atoms with van der Waals surface area (Å²) in [5, 5.41) is 3.35. The molecule has 0 radical (unpaired) electrons. The first-order valence-corrected chi connectivity index (χ1v) is 5.94. The van der Waals surface area contributed by atoms with Crippen LogP contribution in [-0.2, 0) is 0 Å². The zero-order valence-corrected chi connectivity index (χ0v) is 9.70. The van der Waals surface area contributed by atoms with Crippen molar-refractivity contribution in [3.8, 4) is 0 Å². The van der Waals surface area contributed by atoms with E-state index < -0.39 is 0 Å². The summed E-state index contributed by atoms with van der Waals surface area (Å²) in [4.78, 5) is 16.2. The number of carbonyl (C=O) groups excluding carboxylic acids is 1. The summed E-state index contributed by atoms with van der Waals surface area (Å²) in [7, 11) is 0. The van der Waals surface area contributed by atoms with Crippen LogP contribution in [0.15, 0.2) is 0 Å². The first kappa shape index (κ1) is 10.7. The molecule has 0 spiro atoms. The fraction of sp³-hybridized carbons (Fsp3) is 0.909. The van der Waals surface area contributed by atoms with Crippen LogP contribution in [0.1, 0.15) is 20.3 Å². The van der Waals surface area contributed by atoms with Gasteiger partial charge in [-0.2, -0.15) is 0 Å². The second-order valence-corrected chi connectivity index (χ2v) is 4.96. The molecule has 2 aliphatic rings. The van der Waals surface area contributed by atoms with Gasteiger partial charge < -0.3 is 15.1 Å². The summed E-state index contributed by atoms with van der Waals surface area (Å²) in [6.07, 6.45) is 1.12. The summed E-state index contributed by atoms with van der Waals surface area (Å²) in [5.74, 6) is 0.563. The lowest BCUT2D eigenvalue weighted by atomic mass is 10.1. The number of nitrogens with one attached hydrogen (secondary N) is 1. The third-order valence-electron chi connectivity index (χ3n) is 3.18. The maximum absolute atomic E-state index is 12.1. The Balaban J connectivity index is 1.98. The fourth-order valence-corrected chi connectivity index (χ4v) is 2.46. The van der Waals surface area contributed by atoms with Gasteiger partial charge in [0.25, 0.3) is 0 Å². The minimum atomic E-state index is 0.251. The molecule has 1 N–H and O–H groups in total. The normalized spacial score (nSPS) is 27.1. The van der Waals surface area contributed by atoms with Crippen molar-refractivity contribution in [3.63, 3.8) is 0 Å². The van der Waals surface area contributed by atoms with Crippen molar-refractivity contribution in [3.05, 3.63) is 0 Å². The first-order chi connectivity index (χ1) is 7.18. The molecule has 2 saturated heterocycles. The van der Waals surface area contributed by atoms with E-state index in [1.807, 2.05) is 9.80 Å². The topological polar surface area (TPSA) is 35.6 Å². The number of piperazine rings is 1. The van der Waals surface area contributed by atoms with Crippen molar-refractivity contribution in [2.75, 3.05) is 32.7 Å². The van der Waals surface area contributed by atoms with E-state index in [-0.39, 0.29) is 6.03 Å². The van der Waals surface area contributed by atoms with Gasteiger partial charge in [-0.1, -0.05) is 13.8 Å². The molecule has 2 fully saturated rings. The maximum Gasteiger partial charge on any atom is 0.320 e. The van der Waals surface area contributed by atoms with Crippen LogP contribution in [0.25, 0.3) is 0 Å². The molecule has 2 rings (SSSR count). The van der Waals surface area contributed by atoms with Gasteiger partial charge in [0, 0.05) is 38.8 Å². The van der Waals surface area contributed by atoms with E-state index in [0.29, 0.717) is 12.0 Å². The molecule has 0 aromatic carbocycles. The monoisotopic (exact) mass is 211 g/mol. The lowest BCUT2D eigenvalue weighted by Crippen LogP contribution is -2.61. The Morgan fingerprint density at radius 1 is 1.47 bits per heavy atom. The number of rotatable bonds is 2. The summed E-state index contributed by atoms with van der Waals surface area (Å²) < 4.78 is 0. The highest BCUT2D eigenvalue weighted by Gasteiger charge is 2.34. The minimum Gasteiger partial charge on any atom is -0.324 e. The van der Waals surface area contributed by atoms with Gasteiger partial charge in [0.15, 0.2) is 0 Å². The Labute approximate surface area is 91.6 Å². The average Bonchev–Trinajstić information content (AvgIpc) is 2.22. The number of amides is 2. The van der Waals surface area contributed by atoms with Crippen LogP contribution in [0, 0.1) is 5.92 Å². The molecule has 0 saturated carbocycles. The maximum atomic E-state index is 12.1. The molecule has 2 heterocycles. The second-order valence-electron chi connectivity index (χ2n) is 4.96. The van der Waals surface area contributed by atoms with Crippen LogP contribution in [0.3, 0.4) is 0 Å². The largest absolute Gasteiger partial charge is 0.324 e. The van der Waals surface area contributed by atoms with Gasteiger partial charge >= 0.3 is 6.03 Å². The Bertz CT molecular complexity index is 242. The average molecular weight is 211 g/mol. The van der Waals surface area contributed by atoms with Gasteiger partial charge in [0.2, 0.25) is 0 Å². The quantitative estimate of drug-likeness (QED) is 0.731. The first-order valence-electron chi connectivity index (χ1n) is 5.94. The molecule has 0 bridgehead atoms. The van der Waals surface area contributed by atoms with Gasteiger partial charge in [-0.15, -0.1) is 0 Å². The molecule has 15 heavy (non-hydrogen) atoms. The van der Waals surface area contributed by atoms with E-state index in [9.17, 15) is 4.79 Å². The number of urea groups is 1. The van der Waals surface area contributed by atoms with Crippen LogP contribution in [0.2, 0.25) is 0 Å². The SMILES string of the molecule is CC(C)CN1CCC2CNCCN2C1=O. The summed E-state index contributed by atoms with van der Waals surface area (Å²) >= 11 is 0. The molecule has 86 valence electrons. The number of carbonyl (C=O) groups is 1. The standard InChI is InChI=1S/C11H21N3O/c1-9(2)8-13-5-3-10-7-12-4-6-14(10)11(13)15/h9-10,12H,3-8H2,1-2H3. The summed E-state index contributed by atoms with van der Waals surface area (Å²) in [6.45, 7) is 8.95. The van der Waals surface area contributed by atoms with Crippen molar-refractivity contribution in [2.45, 2.75) is 26.3 Å². The number of fused-ring (bicyclic) bond motifs is 1. The molecule has 1 atom stereocenters. The lowest BCUT2D eigenvalue weighted by Gasteiger charge is -2.44. The van der Waals surface area contributed by atoms with E-state index in [0.717, 1.165) is 39.1 Å². The molecule has 2 amide bonds. The van der Waals surface area contributed by atoms with Gasteiger partial charge in [0.05, 0.1) is 0 Å². The number of hydrogen-bond donors (Lipinski definition) is 1. The summed E-state index contributed by atoms with van der Waals surface area (Å²) in [6, 6.07) is 0.691. The van der Waals surface area contributed by atoms with Crippen LogP contribution in [0.5, 0.6) is 0 Å². The smallest absolute Gasteiger partial charge is 0.320 e. The Kier molecular flexibility index (Phi) is 3.14. The highest BCUT2D eigenvalue weighted by Crippen LogP contribution is 2.18. The highest BCUT2D eigenvalue weighted by molar-refractivity contribution is 5.75. The third kappa shape index (κ3) is 2.25. The molecule has 0 aromatic heterocycles. The Hall–Kier alpha value is -0.770. The predicted octanol–water partition coefficient (Wildman–Crippen LogP) is 0.742. The van der Waals surface area contributed by atoms with E-state index in [1.54, 1.807) is 0 Å². The van der Waals surface area contributed by atoms with Crippen LogP contribution < -0.4 is 5.32 Å². The van der Waals surface area contributed by atoms with Gasteiger partial charge in [-0.3, -0.25) is 0 Å². The summed E-state index contributed by atoms with van der Waals surface area (Å²) in [5.41, 5.74) is 0. The molecule has 4 nitrogen and oxygen atoms in total. The highest BCUT2D eigenvalue weighted by atomic mass is 16.2. The molecule has 1 unspecified atom stereocenters. The zero-order valence-electron chi connectivity index (χ0n) is 9.70. The number of nitrogens with zero attached hydrogens (tertiary/aromatic N) is 2. The molecular formula is C11H21N3O. The minimum absolute atomic E-state index is 0.251. The van der Waals surface area contributed by atoms with Crippen molar-refractivity contribution in [1.82, 2.24) is 15.1 Å². The second kappa shape index (κ2) is 4.39. The van der Waals surface area contributed by atoms with E-state index in [2.05, 4.69) is 19.2 Å². The van der Waals surface area contributed by atoms with Crippen LogP contribution in [-0.4, -0.2) is 54.6 Å². The van der Waals surface area contributed by atoms with Crippen LogP contribution >= 0.6 is 0 Å². The lowest BCUT2D eigenvalue weighted by molar-refractivity contribution is 0.0814. The van der Waals surface area contributed by atoms with Crippen molar-refractivity contribution in [2.24, 2.45) is 5.92 Å². The van der Waals surface area contributed by atoms with Gasteiger partial charge in [0.1, 0.15) is 0 Å². The molecule has 0 aliphatic carbocycles. The van der Waals surface area contributed by atoms with E-state index >= 15 is 0 Å². The molecule has 2 aliphatic heterocycles. The third-order valence-corrected chi connectivity index (χ3v) is 3.18. The van der Waals surface area contributed by atoms with E-state index in [1.165, 1.54) is 0 Å². The van der Waals surface area contributed by atoms with E-state index in [4.69, 9.17) is 0 Å².